The molecule has 0 heterocycles. The van der Waals surface area contributed by atoms with Gasteiger partial charge in [-0.25, -0.2) is 0 Å². The largest absolute Gasteiger partial charge is 0.389 e. The zero-order chi connectivity index (χ0) is 11.9. The number of nitrogens with two attached hydrogens (primary N) is 1. The summed E-state index contributed by atoms with van der Waals surface area (Å²) in [6.07, 6.45) is -3.94. The Hall–Kier alpha value is -0.290. The van der Waals surface area contributed by atoms with Gasteiger partial charge in [0.1, 0.15) is 0 Å². The van der Waals surface area contributed by atoms with Crippen LogP contribution in [0.25, 0.3) is 0 Å². The van der Waals surface area contributed by atoms with Crippen molar-refractivity contribution in [1.29, 1.82) is 0 Å². The van der Waals surface area contributed by atoms with Gasteiger partial charge in [0.25, 0.3) is 0 Å². The molecule has 2 nitrogen and oxygen atoms in total. The maximum atomic E-state index is 11.8. The third-order valence-corrected chi connectivity index (χ3v) is 2.43. The second kappa shape index (κ2) is 7.06. The highest BCUT2D eigenvalue weighted by atomic mass is 19.4. The van der Waals surface area contributed by atoms with Crippen LogP contribution in [0.4, 0.5) is 13.2 Å². The summed E-state index contributed by atoms with van der Waals surface area (Å²) in [5.74, 6) is 0.354. The standard InChI is InChI=1S/C10H21F3N2/c1-8(9(2)14)7-15-6-4-3-5-10(11,12)13/h8-9,15H,3-7,14H2,1-2H3. The lowest BCUT2D eigenvalue weighted by molar-refractivity contribution is -0.135. The van der Waals surface area contributed by atoms with E-state index in [0.29, 0.717) is 18.9 Å². The summed E-state index contributed by atoms with van der Waals surface area (Å²) < 4.78 is 35.3. The van der Waals surface area contributed by atoms with Crippen LogP contribution in [0, 0.1) is 5.92 Å². The molecule has 0 aliphatic carbocycles. The molecule has 0 fully saturated rings. The summed E-state index contributed by atoms with van der Waals surface area (Å²) in [6, 6.07) is 0.118. The van der Waals surface area contributed by atoms with E-state index in [1.54, 1.807) is 0 Å². The van der Waals surface area contributed by atoms with Crippen molar-refractivity contribution in [1.82, 2.24) is 5.32 Å². The summed E-state index contributed by atoms with van der Waals surface area (Å²) in [5.41, 5.74) is 5.65. The topological polar surface area (TPSA) is 38.0 Å². The van der Waals surface area contributed by atoms with Gasteiger partial charge >= 0.3 is 6.18 Å². The molecule has 0 amide bonds. The van der Waals surface area contributed by atoms with Crippen molar-refractivity contribution in [2.75, 3.05) is 13.1 Å². The number of unbranched alkanes of at least 4 members (excludes halogenated alkanes) is 1. The smallest absolute Gasteiger partial charge is 0.328 e. The summed E-state index contributed by atoms with van der Waals surface area (Å²) >= 11 is 0. The second-order valence-corrected chi connectivity index (χ2v) is 4.11. The maximum Gasteiger partial charge on any atom is 0.389 e. The zero-order valence-corrected chi connectivity index (χ0v) is 9.40. The summed E-state index contributed by atoms with van der Waals surface area (Å²) in [4.78, 5) is 0. The lowest BCUT2D eigenvalue weighted by Crippen LogP contribution is -2.33. The Bertz CT molecular complexity index is 157. The van der Waals surface area contributed by atoms with E-state index >= 15 is 0 Å². The van der Waals surface area contributed by atoms with Gasteiger partial charge in [-0.15, -0.1) is 0 Å². The van der Waals surface area contributed by atoms with Crippen molar-refractivity contribution in [3.05, 3.63) is 0 Å². The fourth-order valence-corrected chi connectivity index (χ4v) is 1.09. The minimum atomic E-state index is -4.01. The quantitative estimate of drug-likeness (QED) is 0.654. The van der Waals surface area contributed by atoms with Crippen molar-refractivity contribution in [2.45, 2.75) is 45.3 Å². The Morgan fingerprint density at radius 2 is 1.80 bits per heavy atom. The van der Waals surface area contributed by atoms with E-state index in [4.69, 9.17) is 5.73 Å². The zero-order valence-electron chi connectivity index (χ0n) is 9.40. The fraction of sp³-hybridized carbons (Fsp3) is 1.00. The van der Waals surface area contributed by atoms with E-state index in [9.17, 15) is 13.2 Å². The van der Waals surface area contributed by atoms with Gasteiger partial charge in [0, 0.05) is 12.5 Å². The molecule has 0 saturated carbocycles. The van der Waals surface area contributed by atoms with E-state index < -0.39 is 12.6 Å². The van der Waals surface area contributed by atoms with E-state index in [2.05, 4.69) is 5.32 Å². The van der Waals surface area contributed by atoms with Gasteiger partial charge in [-0.05, 0) is 38.8 Å². The Labute approximate surface area is 89.4 Å². The van der Waals surface area contributed by atoms with Gasteiger partial charge in [0.15, 0.2) is 0 Å². The van der Waals surface area contributed by atoms with Crippen LogP contribution < -0.4 is 11.1 Å². The molecule has 0 spiro atoms. The van der Waals surface area contributed by atoms with Gasteiger partial charge in [0.05, 0.1) is 0 Å². The number of hydrogen-bond acceptors (Lipinski definition) is 2. The Morgan fingerprint density at radius 3 is 2.27 bits per heavy atom. The molecular formula is C10H21F3N2. The monoisotopic (exact) mass is 226 g/mol. The van der Waals surface area contributed by atoms with Gasteiger partial charge < -0.3 is 11.1 Å². The molecule has 2 atom stereocenters. The third kappa shape index (κ3) is 10.0. The number of halogens is 3. The minimum Gasteiger partial charge on any atom is -0.328 e. The number of rotatable bonds is 7. The van der Waals surface area contributed by atoms with E-state index in [-0.39, 0.29) is 12.5 Å². The number of alkyl halides is 3. The molecule has 0 aromatic carbocycles. The van der Waals surface area contributed by atoms with Crippen LogP contribution >= 0.6 is 0 Å². The van der Waals surface area contributed by atoms with Crippen LogP contribution in [0.1, 0.15) is 33.1 Å². The molecule has 5 heteroatoms. The van der Waals surface area contributed by atoms with Crippen molar-refractivity contribution >= 4 is 0 Å². The fourth-order valence-electron chi connectivity index (χ4n) is 1.09. The van der Waals surface area contributed by atoms with Crippen LogP contribution in [-0.2, 0) is 0 Å². The van der Waals surface area contributed by atoms with Gasteiger partial charge in [-0.2, -0.15) is 13.2 Å². The molecule has 0 aromatic heterocycles. The average molecular weight is 226 g/mol. The normalized spacial score (nSPS) is 16.4. The van der Waals surface area contributed by atoms with Crippen molar-refractivity contribution in [3.8, 4) is 0 Å². The van der Waals surface area contributed by atoms with Crippen LogP contribution in [0.5, 0.6) is 0 Å². The first-order chi connectivity index (χ1) is 6.83. The first-order valence-electron chi connectivity index (χ1n) is 5.36. The lowest BCUT2D eigenvalue weighted by Gasteiger charge is -2.16. The number of hydrogen-bond donors (Lipinski definition) is 2. The van der Waals surface area contributed by atoms with Gasteiger partial charge in [-0.1, -0.05) is 6.92 Å². The van der Waals surface area contributed by atoms with Crippen LogP contribution in [0.2, 0.25) is 0 Å². The molecule has 0 bridgehead atoms. The first-order valence-corrected chi connectivity index (χ1v) is 5.36. The third-order valence-electron chi connectivity index (χ3n) is 2.43. The van der Waals surface area contributed by atoms with E-state index in [1.165, 1.54) is 0 Å². The van der Waals surface area contributed by atoms with Crippen LogP contribution in [-0.4, -0.2) is 25.3 Å². The van der Waals surface area contributed by atoms with Crippen LogP contribution in [0.3, 0.4) is 0 Å². The Kier molecular flexibility index (Phi) is 6.92. The van der Waals surface area contributed by atoms with Crippen molar-refractivity contribution < 1.29 is 13.2 Å². The van der Waals surface area contributed by atoms with Crippen molar-refractivity contribution in [3.63, 3.8) is 0 Å². The molecular weight excluding hydrogens is 205 g/mol. The van der Waals surface area contributed by atoms with E-state index in [1.807, 2.05) is 13.8 Å². The summed E-state index contributed by atoms with van der Waals surface area (Å²) in [7, 11) is 0. The minimum absolute atomic E-state index is 0.118. The second-order valence-electron chi connectivity index (χ2n) is 4.11. The lowest BCUT2D eigenvalue weighted by atomic mass is 10.1. The molecule has 92 valence electrons. The van der Waals surface area contributed by atoms with Crippen molar-refractivity contribution in [2.24, 2.45) is 11.7 Å². The molecule has 2 unspecified atom stereocenters. The Balaban J connectivity index is 3.26. The maximum absolute atomic E-state index is 11.8. The van der Waals surface area contributed by atoms with Gasteiger partial charge in [-0.3, -0.25) is 0 Å². The number of nitrogens with one attached hydrogen (secondary N) is 1. The Morgan fingerprint density at radius 1 is 1.20 bits per heavy atom. The highest BCUT2D eigenvalue weighted by Gasteiger charge is 2.25. The molecule has 0 aliphatic rings. The molecule has 3 N–H and O–H groups in total. The molecule has 0 aliphatic heterocycles. The molecule has 0 radical (unpaired) electrons. The average Bonchev–Trinajstić information content (AvgIpc) is 2.08. The predicted molar refractivity (Wildman–Crippen MR) is 55.6 cm³/mol. The van der Waals surface area contributed by atoms with E-state index in [0.717, 1.165) is 6.54 Å². The molecule has 0 rings (SSSR count). The predicted octanol–water partition coefficient (Wildman–Crippen LogP) is 2.29. The highest BCUT2D eigenvalue weighted by Crippen LogP contribution is 2.21. The molecule has 15 heavy (non-hydrogen) atoms. The first kappa shape index (κ1) is 14.7. The van der Waals surface area contributed by atoms with Gasteiger partial charge in [0.2, 0.25) is 0 Å². The highest BCUT2D eigenvalue weighted by molar-refractivity contribution is 4.66. The molecule has 0 saturated heterocycles. The molecule has 0 aromatic rings. The summed E-state index contributed by atoms with van der Waals surface area (Å²) in [6.45, 7) is 5.35. The SMILES string of the molecule is CC(N)C(C)CNCCCCC(F)(F)F. The summed E-state index contributed by atoms with van der Waals surface area (Å²) in [5, 5.41) is 3.11. The van der Waals surface area contributed by atoms with Crippen LogP contribution in [0.15, 0.2) is 0 Å².